The molecule has 0 aliphatic heterocycles. The first-order valence-corrected chi connectivity index (χ1v) is 7.44. The Morgan fingerprint density at radius 2 is 1.96 bits per heavy atom. The zero-order valence-electron chi connectivity index (χ0n) is 13.2. The Balaban J connectivity index is 1.79. The lowest BCUT2D eigenvalue weighted by atomic mass is 10.0. The van der Waals surface area contributed by atoms with E-state index < -0.39 is 0 Å². The van der Waals surface area contributed by atoms with Crippen molar-refractivity contribution in [3.63, 3.8) is 0 Å². The summed E-state index contributed by atoms with van der Waals surface area (Å²) in [7, 11) is 0. The highest BCUT2D eigenvalue weighted by Crippen LogP contribution is 2.23. The number of benzene rings is 2. The molecule has 23 heavy (non-hydrogen) atoms. The predicted octanol–water partition coefficient (Wildman–Crippen LogP) is 4.19. The van der Waals surface area contributed by atoms with E-state index in [0.29, 0.717) is 18.0 Å². The molecule has 0 unspecified atom stereocenters. The lowest BCUT2D eigenvalue weighted by molar-refractivity contribution is 0.131. The fourth-order valence-electron chi connectivity index (χ4n) is 2.48. The summed E-state index contributed by atoms with van der Waals surface area (Å²) < 4.78 is 0. The minimum atomic E-state index is 0.133. The Morgan fingerprint density at radius 1 is 1.13 bits per heavy atom. The van der Waals surface area contributed by atoms with Crippen molar-refractivity contribution in [1.29, 1.82) is 0 Å². The SMILES string of the molecule is CC(=NOCc1c(C)ccc2ccccc12)c1ccc(O)cn1. The van der Waals surface area contributed by atoms with Gasteiger partial charge < -0.3 is 9.94 Å². The highest BCUT2D eigenvalue weighted by Gasteiger charge is 2.06. The molecule has 0 fully saturated rings. The number of aromatic nitrogens is 1. The minimum absolute atomic E-state index is 0.133. The van der Waals surface area contributed by atoms with Crippen LogP contribution in [0, 0.1) is 6.92 Å². The molecule has 116 valence electrons. The molecule has 2 aromatic carbocycles. The quantitative estimate of drug-likeness (QED) is 0.581. The summed E-state index contributed by atoms with van der Waals surface area (Å²) in [6.07, 6.45) is 1.39. The van der Waals surface area contributed by atoms with Crippen LogP contribution in [0.25, 0.3) is 10.8 Å². The van der Waals surface area contributed by atoms with E-state index in [2.05, 4.69) is 41.3 Å². The lowest BCUT2D eigenvalue weighted by Gasteiger charge is -2.09. The first-order valence-electron chi connectivity index (χ1n) is 7.44. The zero-order valence-corrected chi connectivity index (χ0v) is 13.2. The van der Waals surface area contributed by atoms with Crippen molar-refractivity contribution in [3.05, 3.63) is 71.5 Å². The summed E-state index contributed by atoms with van der Waals surface area (Å²) >= 11 is 0. The standard InChI is InChI=1S/C19H18N2O2/c1-13-7-8-15-5-3-4-6-17(15)18(13)12-23-21-14(2)19-10-9-16(22)11-20-19/h3-11,22H,12H2,1-2H3. The van der Waals surface area contributed by atoms with E-state index in [-0.39, 0.29) is 5.75 Å². The third kappa shape index (κ3) is 3.31. The molecule has 0 spiro atoms. The summed E-state index contributed by atoms with van der Waals surface area (Å²) in [6, 6.07) is 15.7. The Labute approximate surface area is 135 Å². The second kappa shape index (κ2) is 6.48. The highest BCUT2D eigenvalue weighted by molar-refractivity contribution is 5.96. The molecule has 0 aliphatic rings. The molecule has 0 atom stereocenters. The first-order chi connectivity index (χ1) is 11.1. The molecule has 0 saturated carbocycles. The van der Waals surface area contributed by atoms with E-state index in [0.717, 1.165) is 5.56 Å². The van der Waals surface area contributed by atoms with E-state index in [4.69, 9.17) is 4.84 Å². The molecule has 1 aromatic heterocycles. The van der Waals surface area contributed by atoms with Crippen molar-refractivity contribution < 1.29 is 9.94 Å². The van der Waals surface area contributed by atoms with Crippen molar-refractivity contribution in [3.8, 4) is 5.75 Å². The molecule has 0 radical (unpaired) electrons. The number of aryl methyl sites for hydroxylation is 1. The van der Waals surface area contributed by atoms with Crippen LogP contribution >= 0.6 is 0 Å². The number of aromatic hydroxyl groups is 1. The van der Waals surface area contributed by atoms with Gasteiger partial charge in [-0.1, -0.05) is 41.6 Å². The molecule has 1 N–H and O–H groups in total. The third-order valence-corrected chi connectivity index (χ3v) is 3.80. The summed E-state index contributed by atoms with van der Waals surface area (Å²) in [5.74, 6) is 0.133. The summed E-state index contributed by atoms with van der Waals surface area (Å²) in [5.41, 5.74) is 3.66. The first kappa shape index (κ1) is 15.0. The van der Waals surface area contributed by atoms with Gasteiger partial charge in [-0.2, -0.15) is 0 Å². The van der Waals surface area contributed by atoms with Crippen molar-refractivity contribution in [1.82, 2.24) is 4.98 Å². The van der Waals surface area contributed by atoms with Crippen LogP contribution in [0.5, 0.6) is 5.75 Å². The van der Waals surface area contributed by atoms with Gasteiger partial charge in [-0.05, 0) is 42.3 Å². The van der Waals surface area contributed by atoms with Gasteiger partial charge in [-0.3, -0.25) is 4.98 Å². The second-order valence-corrected chi connectivity index (χ2v) is 5.43. The van der Waals surface area contributed by atoms with Gasteiger partial charge in [0.2, 0.25) is 0 Å². The van der Waals surface area contributed by atoms with Crippen molar-refractivity contribution in [2.75, 3.05) is 0 Å². The molecule has 0 bridgehead atoms. The van der Waals surface area contributed by atoms with Crippen molar-refractivity contribution in [2.24, 2.45) is 5.16 Å². The van der Waals surface area contributed by atoms with Gasteiger partial charge in [0.25, 0.3) is 0 Å². The molecule has 4 heteroatoms. The molecular weight excluding hydrogens is 288 g/mol. The number of oxime groups is 1. The van der Waals surface area contributed by atoms with E-state index in [1.54, 1.807) is 12.1 Å². The summed E-state index contributed by atoms with van der Waals surface area (Å²) in [6.45, 7) is 4.31. The maximum atomic E-state index is 9.26. The van der Waals surface area contributed by atoms with Crippen molar-refractivity contribution in [2.45, 2.75) is 20.5 Å². The van der Waals surface area contributed by atoms with Gasteiger partial charge in [0.1, 0.15) is 18.1 Å². The molecule has 0 saturated heterocycles. The van der Waals surface area contributed by atoms with Crippen molar-refractivity contribution >= 4 is 16.5 Å². The largest absolute Gasteiger partial charge is 0.506 e. The van der Waals surface area contributed by atoms with Gasteiger partial charge in [-0.15, -0.1) is 0 Å². The van der Waals surface area contributed by atoms with Gasteiger partial charge in [0, 0.05) is 5.56 Å². The van der Waals surface area contributed by atoms with E-state index in [9.17, 15) is 5.11 Å². The average molecular weight is 306 g/mol. The smallest absolute Gasteiger partial charge is 0.143 e. The maximum Gasteiger partial charge on any atom is 0.143 e. The average Bonchev–Trinajstić information content (AvgIpc) is 2.57. The van der Waals surface area contributed by atoms with Crippen LogP contribution < -0.4 is 0 Å². The van der Waals surface area contributed by atoms with Gasteiger partial charge in [0.15, 0.2) is 0 Å². The number of hydrogen-bond donors (Lipinski definition) is 1. The van der Waals surface area contributed by atoms with Crippen LogP contribution in [0.2, 0.25) is 0 Å². The molecule has 3 aromatic rings. The predicted molar refractivity (Wildman–Crippen MR) is 91.6 cm³/mol. The lowest BCUT2D eigenvalue weighted by Crippen LogP contribution is -2.00. The number of fused-ring (bicyclic) bond motifs is 1. The van der Waals surface area contributed by atoms with Gasteiger partial charge >= 0.3 is 0 Å². The molecule has 3 rings (SSSR count). The molecular formula is C19H18N2O2. The highest BCUT2D eigenvalue weighted by atomic mass is 16.6. The fraction of sp³-hybridized carbons (Fsp3) is 0.158. The number of rotatable bonds is 4. The van der Waals surface area contributed by atoms with Crippen LogP contribution in [0.4, 0.5) is 0 Å². The van der Waals surface area contributed by atoms with Crippen LogP contribution in [-0.4, -0.2) is 15.8 Å². The minimum Gasteiger partial charge on any atom is -0.506 e. The monoisotopic (exact) mass is 306 g/mol. The van der Waals surface area contributed by atoms with Gasteiger partial charge in [0.05, 0.1) is 11.9 Å². The fourth-order valence-corrected chi connectivity index (χ4v) is 2.48. The van der Waals surface area contributed by atoms with E-state index in [1.807, 2.05) is 19.1 Å². The summed E-state index contributed by atoms with van der Waals surface area (Å²) in [4.78, 5) is 9.65. The molecule has 0 amide bonds. The Hall–Kier alpha value is -2.88. The molecule has 1 heterocycles. The number of pyridine rings is 1. The number of hydrogen-bond acceptors (Lipinski definition) is 4. The van der Waals surface area contributed by atoms with Crippen LogP contribution in [0.15, 0.2) is 59.9 Å². The Kier molecular flexibility index (Phi) is 4.24. The second-order valence-electron chi connectivity index (χ2n) is 5.43. The van der Waals surface area contributed by atoms with Gasteiger partial charge in [-0.25, -0.2) is 0 Å². The molecule has 4 nitrogen and oxygen atoms in total. The van der Waals surface area contributed by atoms with Crippen LogP contribution in [0.1, 0.15) is 23.7 Å². The number of nitrogens with zero attached hydrogens (tertiary/aromatic N) is 2. The maximum absolute atomic E-state index is 9.26. The van der Waals surface area contributed by atoms with E-state index >= 15 is 0 Å². The zero-order chi connectivity index (χ0) is 16.2. The Bertz CT molecular complexity index is 855. The normalized spacial score (nSPS) is 11.7. The van der Waals surface area contributed by atoms with E-state index in [1.165, 1.54) is 22.5 Å². The Morgan fingerprint density at radius 3 is 2.74 bits per heavy atom. The van der Waals surface area contributed by atoms with Crippen LogP contribution in [-0.2, 0) is 11.4 Å². The summed E-state index contributed by atoms with van der Waals surface area (Å²) in [5, 5.41) is 15.8. The molecule has 0 aliphatic carbocycles. The van der Waals surface area contributed by atoms with Crippen LogP contribution in [0.3, 0.4) is 0 Å². The third-order valence-electron chi connectivity index (χ3n) is 3.80. The topological polar surface area (TPSA) is 54.7 Å².